The fourth-order valence-electron chi connectivity index (χ4n) is 7.57. The van der Waals surface area contributed by atoms with Crippen LogP contribution < -0.4 is 53.6 Å². The molecular formula is C58H58N18O6. The molecule has 0 unspecified atom stereocenters. The van der Waals surface area contributed by atoms with Gasteiger partial charge in [0, 0.05) is 51.6 Å². The number of benzene rings is 6. The largest absolute Gasteiger partial charge is 0.497 e. The Morgan fingerprint density at radius 1 is 0.683 bits per heavy atom. The first kappa shape index (κ1) is 58.1. The lowest BCUT2D eigenvalue weighted by atomic mass is 10.1. The number of aliphatic imine (C=N–C) groups is 1. The third-order valence-corrected chi connectivity index (χ3v) is 11.8. The molecule has 0 saturated carbocycles. The van der Waals surface area contributed by atoms with E-state index in [-0.39, 0.29) is 29.1 Å². The van der Waals surface area contributed by atoms with Crippen LogP contribution in [-0.4, -0.2) is 81.9 Å². The van der Waals surface area contributed by atoms with Gasteiger partial charge < -0.3 is 52.8 Å². The molecule has 3 heterocycles. The number of carbonyl (C=O) groups is 3. The number of hydrogen-bond acceptors (Lipinski definition) is 15. The number of aromatic nitrogens is 2. The summed E-state index contributed by atoms with van der Waals surface area (Å²) in [6, 6.07) is 41.8. The van der Waals surface area contributed by atoms with Crippen LogP contribution in [0.2, 0.25) is 0 Å². The molecule has 6 aromatic carbocycles. The van der Waals surface area contributed by atoms with Crippen LogP contribution in [0.3, 0.4) is 0 Å². The molecule has 416 valence electrons. The molecule has 0 bridgehead atoms. The number of rotatable bonds is 15. The maximum absolute atomic E-state index is 12.6. The Balaban J connectivity index is 0.000000178. The van der Waals surface area contributed by atoms with Crippen LogP contribution in [0.15, 0.2) is 183 Å². The number of methoxy groups -OCH3 is 1. The number of nitro benzene ring substituents is 1. The number of nitro groups is 1. The molecule has 9 rings (SSSR count). The van der Waals surface area contributed by atoms with Crippen molar-refractivity contribution in [2.75, 3.05) is 41.5 Å². The average Bonchev–Trinajstić information content (AvgIpc) is 4.41. The van der Waals surface area contributed by atoms with Crippen molar-refractivity contribution in [2.24, 2.45) is 36.9 Å². The van der Waals surface area contributed by atoms with Crippen molar-refractivity contribution in [2.45, 2.75) is 27.7 Å². The molecule has 0 fully saturated rings. The third kappa shape index (κ3) is 16.5. The monoisotopic (exact) mass is 1100 g/mol. The number of hydrazone groups is 2. The predicted octanol–water partition coefficient (Wildman–Crippen LogP) is 9.76. The smallest absolute Gasteiger partial charge is 0.323 e. The molecule has 24 heteroatoms. The lowest BCUT2D eigenvalue weighted by Crippen LogP contribution is -2.30. The lowest BCUT2D eigenvalue weighted by Gasteiger charge is -2.08. The summed E-state index contributed by atoms with van der Waals surface area (Å²) in [7, 11) is 1.62. The Bertz CT molecular complexity index is 3830. The fourth-order valence-corrected chi connectivity index (χ4v) is 7.57. The molecule has 0 radical (unpaired) electrons. The highest BCUT2D eigenvalue weighted by atomic mass is 16.6. The van der Waals surface area contributed by atoms with Gasteiger partial charge in [0.2, 0.25) is 5.96 Å². The number of carbonyl (C=O) groups excluding carboxylic acids is 3. The summed E-state index contributed by atoms with van der Waals surface area (Å²) >= 11 is 0. The SMILES string of the molecule is C=C(N)N/N=C(/C)c1ccc(NC(=O)c2cc3cccc([N+](=O)[O-])c3[nH]2)cc1.COc1ccc2[nH]c(C(=O)Nc3ccc(/C(C)=N\NC4=NCCN4)cc3)cc2c1.[C-]#[N+]c1ccc(NC(=O)Nc2ccc(/C(C)=N\N=C(C)N)cc2)cc1. The van der Waals surface area contributed by atoms with Gasteiger partial charge in [-0.05, 0) is 123 Å². The van der Waals surface area contributed by atoms with Crippen molar-refractivity contribution in [3.05, 3.63) is 208 Å². The number of H-pyrrole nitrogens is 2. The Morgan fingerprint density at radius 3 is 1.74 bits per heavy atom. The summed E-state index contributed by atoms with van der Waals surface area (Å²) in [4.78, 5) is 61.2. The summed E-state index contributed by atoms with van der Waals surface area (Å²) in [6.45, 7) is 19.2. The molecule has 0 aliphatic carbocycles. The minimum absolute atomic E-state index is 0.0792. The normalized spacial score (nSPS) is 12.2. The van der Waals surface area contributed by atoms with Gasteiger partial charge in [-0.15, -0.1) is 5.10 Å². The van der Waals surface area contributed by atoms with Crippen molar-refractivity contribution in [1.29, 1.82) is 0 Å². The number of amides is 4. The predicted molar refractivity (Wildman–Crippen MR) is 324 cm³/mol. The van der Waals surface area contributed by atoms with E-state index in [0.717, 1.165) is 57.9 Å². The van der Waals surface area contributed by atoms with Gasteiger partial charge in [0.15, 0.2) is 5.69 Å². The number of non-ortho nitro benzene ring substituents is 1. The number of amidine groups is 1. The van der Waals surface area contributed by atoms with E-state index in [0.29, 0.717) is 62.5 Å². The van der Waals surface area contributed by atoms with E-state index in [1.54, 1.807) is 99.8 Å². The van der Waals surface area contributed by atoms with Crippen LogP contribution in [0.25, 0.3) is 26.7 Å². The summed E-state index contributed by atoms with van der Waals surface area (Å²) in [5.41, 5.74) is 26.2. The van der Waals surface area contributed by atoms with Crippen LogP contribution in [0.4, 0.5) is 38.9 Å². The van der Waals surface area contributed by atoms with Gasteiger partial charge in [-0.3, -0.25) is 25.1 Å². The molecule has 1 aliphatic heterocycles. The average molecular weight is 1100 g/mol. The van der Waals surface area contributed by atoms with Crippen molar-refractivity contribution in [3.63, 3.8) is 0 Å². The van der Waals surface area contributed by atoms with E-state index in [4.69, 9.17) is 22.8 Å². The summed E-state index contributed by atoms with van der Waals surface area (Å²) in [6.07, 6.45) is 0. The first-order chi connectivity index (χ1) is 39.4. The van der Waals surface area contributed by atoms with Crippen molar-refractivity contribution in [3.8, 4) is 5.75 Å². The number of guanidine groups is 1. The van der Waals surface area contributed by atoms with E-state index in [1.807, 2.05) is 74.5 Å². The first-order valence-corrected chi connectivity index (χ1v) is 25.0. The number of fused-ring (bicyclic) bond motifs is 2. The minimum Gasteiger partial charge on any atom is -0.497 e. The van der Waals surface area contributed by atoms with Gasteiger partial charge in [0.1, 0.15) is 34.3 Å². The molecule has 0 atom stereocenters. The standard InChI is InChI=1S/C21H22N6O2.C19H18N6O3.C18H18N6O/c1-13(26-27-21-22-9-10-23-21)14-3-5-16(6-4-14)24-20(28)19-12-15-11-17(29-2)7-8-18(15)25-19;1-11(23-24-12(2)20)13-6-8-15(9-7-13)21-19(26)16-10-14-4-3-5-17(25(27)28)18(14)22-16;1-12(23-24-13(2)19)14-4-6-16(7-5-14)21-18(25)22-17-10-8-15(20-3)9-11-17/h3-8,11-12,25H,9-10H2,1-2H3,(H,24,28)(H2,22,23,27);3-10,22,24H,2,20H2,1H3,(H,21,26);4-11H,1-2H3,(H2,19,24)(H2,21,22,25)/b26-13-;23-11-;23-12-. The minimum atomic E-state index is -0.488. The molecule has 8 aromatic rings. The highest BCUT2D eigenvalue weighted by Gasteiger charge is 2.18. The van der Waals surface area contributed by atoms with E-state index in [9.17, 15) is 24.5 Å². The summed E-state index contributed by atoms with van der Waals surface area (Å²) in [5.74, 6) is 1.46. The van der Waals surface area contributed by atoms with Crippen molar-refractivity contribution in [1.82, 2.24) is 26.1 Å². The van der Waals surface area contributed by atoms with Crippen LogP contribution in [0.5, 0.6) is 5.75 Å². The van der Waals surface area contributed by atoms with Gasteiger partial charge in [-0.2, -0.15) is 15.3 Å². The molecule has 0 spiro atoms. The summed E-state index contributed by atoms with van der Waals surface area (Å²) in [5, 5.41) is 43.1. The fraction of sp³-hybridized carbons (Fsp3) is 0.121. The molecule has 4 amide bonds. The first-order valence-electron chi connectivity index (χ1n) is 25.0. The van der Waals surface area contributed by atoms with Crippen molar-refractivity contribution >= 4 is 103 Å². The number of nitrogens with zero attached hydrogens (tertiary/aromatic N) is 7. The molecule has 2 aromatic heterocycles. The quantitative estimate of drug-likeness (QED) is 0.0151. The number of nitrogens with one attached hydrogen (secondary N) is 9. The number of anilines is 4. The van der Waals surface area contributed by atoms with E-state index in [2.05, 4.69) is 84.2 Å². The van der Waals surface area contributed by atoms with Gasteiger partial charge in [-0.1, -0.05) is 67.2 Å². The summed E-state index contributed by atoms with van der Waals surface area (Å²) < 4.78 is 5.23. The zero-order valence-corrected chi connectivity index (χ0v) is 45.2. The molecule has 0 saturated heterocycles. The van der Waals surface area contributed by atoms with Gasteiger partial charge >= 0.3 is 6.03 Å². The van der Waals surface area contributed by atoms with Crippen molar-refractivity contribution < 1.29 is 24.0 Å². The number of nitrogens with two attached hydrogens (primary N) is 2. The Morgan fingerprint density at radius 2 is 1.22 bits per heavy atom. The third-order valence-electron chi connectivity index (χ3n) is 11.8. The van der Waals surface area contributed by atoms with Gasteiger partial charge in [0.05, 0.1) is 42.3 Å². The molecular weight excluding hydrogens is 1040 g/mol. The Labute approximate surface area is 470 Å². The second kappa shape index (κ2) is 27.6. The number of urea groups is 1. The van der Waals surface area contributed by atoms with E-state index >= 15 is 0 Å². The molecule has 13 N–H and O–H groups in total. The molecule has 82 heavy (non-hydrogen) atoms. The van der Waals surface area contributed by atoms with Gasteiger partial charge in [-0.25, -0.2) is 20.1 Å². The zero-order chi connectivity index (χ0) is 58.7. The van der Waals surface area contributed by atoms with E-state index < -0.39 is 10.8 Å². The van der Waals surface area contributed by atoms with Crippen LogP contribution >= 0.6 is 0 Å². The maximum Gasteiger partial charge on any atom is 0.323 e. The lowest BCUT2D eigenvalue weighted by molar-refractivity contribution is -0.383. The van der Waals surface area contributed by atoms with E-state index in [1.165, 1.54) is 6.07 Å². The molecule has 1 aliphatic rings. The number of hydrogen-bond donors (Lipinski definition) is 11. The van der Waals surface area contributed by atoms with Crippen LogP contribution in [-0.2, 0) is 0 Å². The van der Waals surface area contributed by atoms with Crippen LogP contribution in [0, 0.1) is 16.7 Å². The number of para-hydroxylation sites is 1. The number of aromatic amines is 2. The van der Waals surface area contributed by atoms with Gasteiger partial charge in [0.25, 0.3) is 17.5 Å². The number of ether oxygens (including phenoxy) is 1. The maximum atomic E-state index is 12.6. The topological polar surface area (TPSA) is 338 Å². The highest BCUT2D eigenvalue weighted by molar-refractivity contribution is 6.08. The second-order valence-electron chi connectivity index (χ2n) is 17.9. The highest BCUT2D eigenvalue weighted by Crippen LogP contribution is 2.27. The van der Waals surface area contributed by atoms with Crippen LogP contribution in [0.1, 0.15) is 65.4 Å². The Hall–Kier alpha value is -11.6. The second-order valence-corrected chi connectivity index (χ2v) is 17.9. The zero-order valence-electron chi connectivity index (χ0n) is 45.2. The Kier molecular flexibility index (Phi) is 19.6. The molecule has 24 nitrogen and oxygen atoms in total.